The van der Waals surface area contributed by atoms with Crippen molar-refractivity contribution in [3.8, 4) is 0 Å². The highest BCUT2D eigenvalue weighted by atomic mass is 16.2. The molecule has 1 aliphatic rings. The summed E-state index contributed by atoms with van der Waals surface area (Å²) in [6.07, 6.45) is 2.27. The molecule has 0 aliphatic carbocycles. The Bertz CT molecular complexity index is 230. The summed E-state index contributed by atoms with van der Waals surface area (Å²) in [7, 11) is 0. The van der Waals surface area contributed by atoms with E-state index < -0.39 is 0 Å². The minimum absolute atomic E-state index is 0.136. The highest BCUT2D eigenvalue weighted by Crippen LogP contribution is 2.24. The topological polar surface area (TPSA) is 46.3 Å². The summed E-state index contributed by atoms with van der Waals surface area (Å²) in [4.78, 5) is 14.0. The van der Waals surface area contributed by atoms with Gasteiger partial charge in [-0.3, -0.25) is 4.79 Å². The third-order valence-electron chi connectivity index (χ3n) is 3.80. The maximum absolute atomic E-state index is 12.0. The molecule has 94 valence electrons. The second-order valence-electron chi connectivity index (χ2n) is 5.68. The number of likely N-dealkylation sites (tertiary alicyclic amines) is 1. The van der Waals surface area contributed by atoms with Crippen molar-refractivity contribution in [3.63, 3.8) is 0 Å². The van der Waals surface area contributed by atoms with Crippen LogP contribution in [0.1, 0.15) is 40.5 Å². The van der Waals surface area contributed by atoms with Gasteiger partial charge in [0.05, 0.1) is 6.04 Å². The molecule has 0 radical (unpaired) electrons. The van der Waals surface area contributed by atoms with E-state index in [0.717, 1.165) is 37.8 Å². The molecule has 0 aromatic carbocycles. The van der Waals surface area contributed by atoms with Crippen molar-refractivity contribution in [2.24, 2.45) is 23.5 Å². The van der Waals surface area contributed by atoms with Crippen LogP contribution < -0.4 is 5.73 Å². The molecule has 2 N–H and O–H groups in total. The van der Waals surface area contributed by atoms with Crippen LogP contribution >= 0.6 is 0 Å². The van der Waals surface area contributed by atoms with E-state index in [1.165, 1.54) is 0 Å². The second kappa shape index (κ2) is 5.67. The first-order chi connectivity index (χ1) is 7.43. The van der Waals surface area contributed by atoms with Gasteiger partial charge in [-0.2, -0.15) is 0 Å². The highest BCUT2D eigenvalue weighted by molar-refractivity contribution is 5.82. The first kappa shape index (κ1) is 13.5. The predicted octanol–water partition coefficient (Wildman–Crippen LogP) is 1.86. The molecule has 1 rings (SSSR count). The average molecular weight is 226 g/mol. The van der Waals surface area contributed by atoms with Crippen molar-refractivity contribution in [1.82, 2.24) is 4.90 Å². The van der Waals surface area contributed by atoms with Crippen molar-refractivity contribution in [3.05, 3.63) is 0 Å². The Morgan fingerprint density at radius 3 is 2.06 bits per heavy atom. The first-order valence-corrected chi connectivity index (χ1v) is 6.47. The lowest BCUT2D eigenvalue weighted by Crippen LogP contribution is -2.49. The van der Waals surface area contributed by atoms with E-state index in [2.05, 4.69) is 13.8 Å². The van der Waals surface area contributed by atoms with Crippen LogP contribution in [0.2, 0.25) is 0 Å². The van der Waals surface area contributed by atoms with E-state index in [1.54, 1.807) is 0 Å². The number of carbonyl (C=O) groups is 1. The van der Waals surface area contributed by atoms with Crippen molar-refractivity contribution in [2.45, 2.75) is 46.6 Å². The van der Waals surface area contributed by atoms with E-state index >= 15 is 0 Å². The number of nitrogens with two attached hydrogens (primary N) is 1. The SMILES string of the molecule is CC(C)C1CCN(C(=O)C(N)C(C)C)CC1. The summed E-state index contributed by atoms with van der Waals surface area (Å²) in [6.45, 7) is 10.3. The zero-order valence-corrected chi connectivity index (χ0v) is 11.1. The summed E-state index contributed by atoms with van der Waals surface area (Å²) in [6, 6.07) is -0.324. The summed E-state index contributed by atoms with van der Waals surface area (Å²) in [5.74, 6) is 1.88. The lowest BCUT2D eigenvalue weighted by atomic mass is 9.86. The minimum Gasteiger partial charge on any atom is -0.341 e. The molecule has 1 unspecified atom stereocenters. The lowest BCUT2D eigenvalue weighted by molar-refractivity contribution is -0.135. The third kappa shape index (κ3) is 3.21. The minimum atomic E-state index is -0.324. The summed E-state index contributed by atoms with van der Waals surface area (Å²) in [5.41, 5.74) is 5.89. The van der Waals surface area contributed by atoms with Crippen molar-refractivity contribution < 1.29 is 4.79 Å². The fraction of sp³-hybridized carbons (Fsp3) is 0.923. The molecule has 3 nitrogen and oxygen atoms in total. The molecule has 1 heterocycles. The Kier molecular flexibility index (Phi) is 4.78. The summed E-state index contributed by atoms with van der Waals surface area (Å²) >= 11 is 0. The predicted molar refractivity (Wildman–Crippen MR) is 67.0 cm³/mol. The number of nitrogens with zero attached hydrogens (tertiary/aromatic N) is 1. The molecule has 1 aliphatic heterocycles. The van der Waals surface area contributed by atoms with Crippen molar-refractivity contribution >= 4 is 5.91 Å². The Balaban J connectivity index is 2.45. The van der Waals surface area contributed by atoms with Crippen LogP contribution in [0.3, 0.4) is 0 Å². The molecule has 1 saturated heterocycles. The maximum Gasteiger partial charge on any atom is 0.239 e. The number of carbonyl (C=O) groups excluding carboxylic acids is 1. The van der Waals surface area contributed by atoms with Crippen LogP contribution in [-0.4, -0.2) is 29.9 Å². The van der Waals surface area contributed by atoms with Gasteiger partial charge in [0.2, 0.25) is 5.91 Å². The number of rotatable bonds is 3. The summed E-state index contributed by atoms with van der Waals surface area (Å²) in [5, 5.41) is 0. The van der Waals surface area contributed by atoms with Crippen LogP contribution in [0.5, 0.6) is 0 Å². The fourth-order valence-corrected chi connectivity index (χ4v) is 2.28. The van der Waals surface area contributed by atoms with E-state index in [1.807, 2.05) is 18.7 Å². The van der Waals surface area contributed by atoms with Gasteiger partial charge in [-0.1, -0.05) is 27.7 Å². The largest absolute Gasteiger partial charge is 0.341 e. The quantitative estimate of drug-likeness (QED) is 0.798. The second-order valence-corrected chi connectivity index (χ2v) is 5.68. The van der Waals surface area contributed by atoms with Gasteiger partial charge >= 0.3 is 0 Å². The van der Waals surface area contributed by atoms with Crippen molar-refractivity contribution in [2.75, 3.05) is 13.1 Å². The monoisotopic (exact) mass is 226 g/mol. The molecule has 0 aromatic rings. The first-order valence-electron chi connectivity index (χ1n) is 6.47. The van der Waals surface area contributed by atoms with E-state index in [9.17, 15) is 4.79 Å². The Hall–Kier alpha value is -0.570. The fourth-order valence-electron chi connectivity index (χ4n) is 2.28. The Morgan fingerprint density at radius 1 is 1.19 bits per heavy atom. The molecule has 3 heteroatoms. The van der Waals surface area contributed by atoms with Gasteiger partial charge in [-0.25, -0.2) is 0 Å². The van der Waals surface area contributed by atoms with Crippen LogP contribution in [-0.2, 0) is 4.79 Å². The Labute approximate surface area is 99.4 Å². The smallest absolute Gasteiger partial charge is 0.239 e. The zero-order chi connectivity index (χ0) is 12.3. The molecule has 0 saturated carbocycles. The molecule has 1 fully saturated rings. The average Bonchev–Trinajstić information content (AvgIpc) is 2.27. The van der Waals surface area contributed by atoms with Gasteiger partial charge in [0.25, 0.3) is 0 Å². The van der Waals surface area contributed by atoms with Gasteiger partial charge in [0.15, 0.2) is 0 Å². The molecule has 0 aromatic heterocycles. The Morgan fingerprint density at radius 2 is 1.69 bits per heavy atom. The summed E-state index contributed by atoms with van der Waals surface area (Å²) < 4.78 is 0. The van der Waals surface area contributed by atoms with E-state index in [4.69, 9.17) is 5.73 Å². The normalized spacial score (nSPS) is 20.6. The number of hydrogen-bond donors (Lipinski definition) is 1. The number of hydrogen-bond acceptors (Lipinski definition) is 2. The molecule has 1 atom stereocenters. The molecule has 0 bridgehead atoms. The standard InChI is InChI=1S/C13H26N2O/c1-9(2)11-5-7-15(8-6-11)13(16)12(14)10(3)4/h9-12H,5-8,14H2,1-4H3. The van der Waals surface area contributed by atoms with E-state index in [0.29, 0.717) is 0 Å². The molecule has 0 spiro atoms. The highest BCUT2D eigenvalue weighted by Gasteiger charge is 2.28. The molecule has 1 amide bonds. The van der Waals surface area contributed by atoms with Crippen LogP contribution in [0.25, 0.3) is 0 Å². The molecular formula is C13H26N2O. The number of amides is 1. The number of piperidine rings is 1. The molecule has 16 heavy (non-hydrogen) atoms. The van der Waals surface area contributed by atoms with Crippen LogP contribution in [0.15, 0.2) is 0 Å². The van der Waals surface area contributed by atoms with Gasteiger partial charge in [-0.15, -0.1) is 0 Å². The van der Waals surface area contributed by atoms with Crippen LogP contribution in [0, 0.1) is 17.8 Å². The van der Waals surface area contributed by atoms with Gasteiger partial charge < -0.3 is 10.6 Å². The molecular weight excluding hydrogens is 200 g/mol. The zero-order valence-electron chi connectivity index (χ0n) is 11.1. The van der Waals surface area contributed by atoms with Crippen LogP contribution in [0.4, 0.5) is 0 Å². The van der Waals surface area contributed by atoms with Gasteiger partial charge in [0.1, 0.15) is 0 Å². The van der Waals surface area contributed by atoms with E-state index in [-0.39, 0.29) is 17.9 Å². The maximum atomic E-state index is 12.0. The van der Waals surface area contributed by atoms with Gasteiger partial charge in [0, 0.05) is 13.1 Å². The van der Waals surface area contributed by atoms with Crippen molar-refractivity contribution in [1.29, 1.82) is 0 Å². The lowest BCUT2D eigenvalue weighted by Gasteiger charge is -2.35. The third-order valence-corrected chi connectivity index (χ3v) is 3.80. The van der Waals surface area contributed by atoms with Gasteiger partial charge in [-0.05, 0) is 30.6 Å².